The van der Waals surface area contributed by atoms with E-state index in [0.29, 0.717) is 18.3 Å². The van der Waals surface area contributed by atoms with Crippen LogP contribution in [0.4, 0.5) is 0 Å². The Morgan fingerprint density at radius 2 is 2.13 bits per heavy atom. The molecule has 4 rings (SSSR count). The monoisotopic (exact) mass is 208 g/mol. The van der Waals surface area contributed by atoms with E-state index >= 15 is 0 Å². The topological polar surface area (TPSA) is 21.8 Å². The first kappa shape index (κ1) is 9.00. The molecule has 2 nitrogen and oxygen atoms in total. The SMILES string of the molecule is CCCOC1CC2CC1C1CC3OC3C21. The van der Waals surface area contributed by atoms with Crippen LogP contribution in [0.5, 0.6) is 0 Å². The van der Waals surface area contributed by atoms with E-state index < -0.39 is 0 Å². The van der Waals surface area contributed by atoms with Gasteiger partial charge in [-0.15, -0.1) is 0 Å². The molecule has 2 bridgehead atoms. The molecule has 0 aromatic heterocycles. The number of epoxide rings is 1. The molecule has 0 amide bonds. The molecular weight excluding hydrogens is 188 g/mol. The van der Waals surface area contributed by atoms with Crippen LogP contribution in [0.1, 0.15) is 32.6 Å². The predicted octanol–water partition coefficient (Wildman–Crippen LogP) is 2.22. The van der Waals surface area contributed by atoms with Crippen LogP contribution in [0.3, 0.4) is 0 Å². The van der Waals surface area contributed by atoms with E-state index in [2.05, 4.69) is 6.92 Å². The quantitative estimate of drug-likeness (QED) is 0.663. The molecule has 3 saturated carbocycles. The lowest BCUT2D eigenvalue weighted by Crippen LogP contribution is -2.33. The van der Waals surface area contributed by atoms with Gasteiger partial charge in [-0.25, -0.2) is 0 Å². The first-order valence-electron chi connectivity index (χ1n) is 6.65. The summed E-state index contributed by atoms with van der Waals surface area (Å²) in [6.45, 7) is 3.17. The predicted molar refractivity (Wildman–Crippen MR) is 56.5 cm³/mol. The number of rotatable bonds is 3. The van der Waals surface area contributed by atoms with Crippen molar-refractivity contribution in [1.29, 1.82) is 0 Å². The third-order valence-electron chi connectivity index (χ3n) is 5.22. The van der Waals surface area contributed by atoms with E-state index in [9.17, 15) is 0 Å². The molecule has 0 aromatic rings. The molecule has 1 aliphatic heterocycles. The molecule has 4 fully saturated rings. The van der Waals surface area contributed by atoms with Gasteiger partial charge in [0.25, 0.3) is 0 Å². The van der Waals surface area contributed by atoms with E-state index in [4.69, 9.17) is 9.47 Å². The molecule has 1 saturated heterocycles. The summed E-state index contributed by atoms with van der Waals surface area (Å²) in [6.07, 6.45) is 7.23. The summed E-state index contributed by atoms with van der Waals surface area (Å²) < 4.78 is 11.7. The second-order valence-electron chi connectivity index (χ2n) is 5.92. The Morgan fingerprint density at radius 3 is 3.00 bits per heavy atom. The van der Waals surface area contributed by atoms with Crippen LogP contribution in [-0.2, 0) is 9.47 Å². The van der Waals surface area contributed by atoms with Crippen molar-refractivity contribution in [2.45, 2.75) is 50.9 Å². The molecule has 84 valence electrons. The Kier molecular flexibility index (Phi) is 1.79. The highest BCUT2D eigenvalue weighted by atomic mass is 16.6. The van der Waals surface area contributed by atoms with Gasteiger partial charge in [0, 0.05) is 6.61 Å². The Balaban J connectivity index is 1.48. The lowest BCUT2D eigenvalue weighted by molar-refractivity contribution is -0.0212. The maximum Gasteiger partial charge on any atom is 0.0875 e. The second kappa shape index (κ2) is 2.98. The third kappa shape index (κ3) is 1.13. The molecule has 0 spiro atoms. The van der Waals surface area contributed by atoms with Gasteiger partial charge in [-0.05, 0) is 49.4 Å². The number of fused-ring (bicyclic) bond motifs is 7. The van der Waals surface area contributed by atoms with E-state index in [-0.39, 0.29) is 0 Å². The molecule has 1 heterocycles. The largest absolute Gasteiger partial charge is 0.378 e. The van der Waals surface area contributed by atoms with Gasteiger partial charge in [0.15, 0.2) is 0 Å². The zero-order valence-corrected chi connectivity index (χ0v) is 9.39. The molecule has 3 aliphatic carbocycles. The van der Waals surface area contributed by atoms with Crippen molar-refractivity contribution in [3.05, 3.63) is 0 Å². The molecule has 4 aliphatic rings. The van der Waals surface area contributed by atoms with Crippen molar-refractivity contribution in [3.8, 4) is 0 Å². The summed E-state index contributed by atoms with van der Waals surface area (Å²) in [6, 6.07) is 0. The first-order chi connectivity index (χ1) is 7.38. The molecule has 0 radical (unpaired) electrons. The smallest absolute Gasteiger partial charge is 0.0875 e. The maximum absolute atomic E-state index is 6.00. The summed E-state index contributed by atoms with van der Waals surface area (Å²) in [4.78, 5) is 0. The third-order valence-corrected chi connectivity index (χ3v) is 5.22. The zero-order chi connectivity index (χ0) is 9.99. The first-order valence-corrected chi connectivity index (χ1v) is 6.65. The summed E-state index contributed by atoms with van der Waals surface area (Å²) in [5.41, 5.74) is 0. The number of hydrogen-bond donors (Lipinski definition) is 0. The summed E-state index contributed by atoms with van der Waals surface area (Å²) in [5.74, 6) is 3.73. The van der Waals surface area contributed by atoms with E-state index in [1.165, 1.54) is 19.3 Å². The zero-order valence-electron chi connectivity index (χ0n) is 9.39. The molecule has 7 unspecified atom stereocenters. The minimum absolute atomic E-state index is 0.605. The highest BCUT2D eigenvalue weighted by Gasteiger charge is 2.66. The van der Waals surface area contributed by atoms with Gasteiger partial charge < -0.3 is 9.47 Å². The molecule has 2 heteroatoms. The molecule has 15 heavy (non-hydrogen) atoms. The van der Waals surface area contributed by atoms with Gasteiger partial charge in [0.2, 0.25) is 0 Å². The van der Waals surface area contributed by atoms with Crippen molar-refractivity contribution in [3.63, 3.8) is 0 Å². The Labute approximate surface area is 91.3 Å². The molecular formula is C13H20O2. The van der Waals surface area contributed by atoms with Crippen molar-refractivity contribution in [2.75, 3.05) is 6.61 Å². The van der Waals surface area contributed by atoms with Gasteiger partial charge in [-0.3, -0.25) is 0 Å². The lowest BCUT2D eigenvalue weighted by Gasteiger charge is -2.32. The van der Waals surface area contributed by atoms with Gasteiger partial charge in [0.1, 0.15) is 0 Å². The van der Waals surface area contributed by atoms with E-state index in [1.807, 2.05) is 0 Å². The van der Waals surface area contributed by atoms with Crippen LogP contribution < -0.4 is 0 Å². The van der Waals surface area contributed by atoms with Crippen LogP contribution in [0.15, 0.2) is 0 Å². The van der Waals surface area contributed by atoms with E-state index in [1.54, 1.807) is 0 Å². The maximum atomic E-state index is 6.00. The van der Waals surface area contributed by atoms with Gasteiger partial charge in [-0.1, -0.05) is 6.92 Å². The van der Waals surface area contributed by atoms with Gasteiger partial charge >= 0.3 is 0 Å². The van der Waals surface area contributed by atoms with Crippen LogP contribution in [0.2, 0.25) is 0 Å². The van der Waals surface area contributed by atoms with Crippen LogP contribution >= 0.6 is 0 Å². The van der Waals surface area contributed by atoms with Gasteiger partial charge in [0.05, 0.1) is 18.3 Å². The lowest BCUT2D eigenvalue weighted by atomic mass is 9.79. The second-order valence-corrected chi connectivity index (χ2v) is 5.92. The molecule has 7 atom stereocenters. The van der Waals surface area contributed by atoms with Crippen molar-refractivity contribution >= 4 is 0 Å². The van der Waals surface area contributed by atoms with Crippen molar-refractivity contribution in [2.24, 2.45) is 23.7 Å². The standard InChI is InChI=1S/C13H20O2/c1-2-3-14-10-5-7-4-8(10)9-6-11-13(15-11)12(7)9/h7-13H,2-6H2,1H3. The van der Waals surface area contributed by atoms with Crippen molar-refractivity contribution in [1.82, 2.24) is 0 Å². The highest BCUT2D eigenvalue weighted by molar-refractivity contribution is 5.14. The van der Waals surface area contributed by atoms with Crippen LogP contribution in [-0.4, -0.2) is 24.9 Å². The minimum Gasteiger partial charge on any atom is -0.378 e. The Morgan fingerprint density at radius 1 is 1.20 bits per heavy atom. The molecule has 0 N–H and O–H groups in total. The normalized spacial score (nSPS) is 59.4. The summed E-state index contributed by atoms with van der Waals surface area (Å²) in [7, 11) is 0. The fourth-order valence-electron chi connectivity index (χ4n) is 4.73. The summed E-state index contributed by atoms with van der Waals surface area (Å²) in [5, 5.41) is 0. The Bertz CT molecular complexity index is 278. The minimum atomic E-state index is 0.605. The van der Waals surface area contributed by atoms with Gasteiger partial charge in [-0.2, -0.15) is 0 Å². The highest BCUT2D eigenvalue weighted by Crippen LogP contribution is 2.64. The van der Waals surface area contributed by atoms with Crippen molar-refractivity contribution < 1.29 is 9.47 Å². The van der Waals surface area contributed by atoms with Crippen LogP contribution in [0.25, 0.3) is 0 Å². The van der Waals surface area contributed by atoms with Crippen LogP contribution in [0, 0.1) is 23.7 Å². The summed E-state index contributed by atoms with van der Waals surface area (Å²) >= 11 is 0. The molecule has 0 aromatic carbocycles. The number of hydrogen-bond acceptors (Lipinski definition) is 2. The average molecular weight is 208 g/mol. The number of ether oxygens (including phenoxy) is 2. The average Bonchev–Trinajstić information content (AvgIpc) is 2.66. The van der Waals surface area contributed by atoms with E-state index in [0.717, 1.165) is 36.7 Å². The fourth-order valence-corrected chi connectivity index (χ4v) is 4.73. The fraction of sp³-hybridized carbons (Fsp3) is 1.00. The Hall–Kier alpha value is -0.0800.